The Kier molecular flexibility index (Phi) is 3.89. The van der Waals surface area contributed by atoms with Gasteiger partial charge in [-0.1, -0.05) is 0 Å². The van der Waals surface area contributed by atoms with E-state index in [0.717, 1.165) is 0 Å². The number of fused-ring (bicyclic) bond motifs is 1. The molecule has 2 aromatic heterocycles. The van der Waals surface area contributed by atoms with Crippen LogP contribution >= 0.6 is 0 Å². The molecule has 1 atom stereocenters. The smallest absolute Gasteiger partial charge is 0.328 e. The Balaban J connectivity index is 2.26. The first-order valence-electron chi connectivity index (χ1n) is 5.72. The average molecular weight is 279 g/mol. The number of carboxylic acid groups (broad SMARTS) is 1. The monoisotopic (exact) mass is 279 g/mol. The van der Waals surface area contributed by atoms with Gasteiger partial charge in [0, 0.05) is 13.3 Å². The number of aryl methyl sites for hydroxylation is 1. The number of amides is 1. The van der Waals surface area contributed by atoms with Crippen molar-refractivity contribution in [3.8, 4) is 0 Å². The van der Waals surface area contributed by atoms with Crippen LogP contribution in [0.5, 0.6) is 0 Å². The van der Waals surface area contributed by atoms with Crippen LogP contribution in [0.4, 0.5) is 0 Å². The molecule has 0 saturated carbocycles. The van der Waals surface area contributed by atoms with Gasteiger partial charge < -0.3 is 15.2 Å². The lowest BCUT2D eigenvalue weighted by molar-refractivity contribution is -0.140. The van der Waals surface area contributed by atoms with Gasteiger partial charge in [-0.15, -0.1) is 0 Å². The number of carboxylic acids is 1. The van der Waals surface area contributed by atoms with E-state index in [9.17, 15) is 9.59 Å². The van der Waals surface area contributed by atoms with E-state index in [0.29, 0.717) is 11.5 Å². The molecule has 0 saturated heterocycles. The van der Waals surface area contributed by atoms with Gasteiger partial charge in [0.25, 0.3) is 11.7 Å². The Labute approximate surface area is 113 Å². The lowest BCUT2D eigenvalue weighted by Crippen LogP contribution is -2.44. The molecule has 2 N–H and O–H groups in total. The number of carbonyl (C=O) groups is 2. The molecule has 0 aromatic carbocycles. The van der Waals surface area contributed by atoms with Crippen molar-refractivity contribution in [2.45, 2.75) is 13.0 Å². The summed E-state index contributed by atoms with van der Waals surface area (Å²) in [6, 6.07) is -1.13. The first kappa shape index (κ1) is 13.9. The highest BCUT2D eigenvalue weighted by molar-refractivity contribution is 5.97. The summed E-state index contributed by atoms with van der Waals surface area (Å²) in [4.78, 5) is 30.9. The van der Waals surface area contributed by atoms with Crippen LogP contribution < -0.4 is 5.32 Å². The Morgan fingerprint density at radius 2 is 2.25 bits per heavy atom. The standard InChI is InChI=1S/C11H13N5O4/c1-6-7(3-12-11-13-5-14-16(6)11)9(17)15-8(4-20-2)10(18)19/h3,5,8H,4H2,1-2H3,(H,15,17)(H,18,19). The zero-order chi connectivity index (χ0) is 14.7. The number of hydrogen-bond donors (Lipinski definition) is 2. The van der Waals surface area contributed by atoms with Gasteiger partial charge in [0.1, 0.15) is 6.33 Å². The van der Waals surface area contributed by atoms with E-state index in [-0.39, 0.29) is 12.2 Å². The predicted molar refractivity (Wildman–Crippen MR) is 66.3 cm³/mol. The molecule has 1 unspecified atom stereocenters. The highest BCUT2D eigenvalue weighted by atomic mass is 16.5. The molecule has 9 heteroatoms. The third-order valence-electron chi connectivity index (χ3n) is 2.73. The fraction of sp³-hybridized carbons (Fsp3) is 0.364. The Hall–Kier alpha value is -2.55. The fourth-order valence-electron chi connectivity index (χ4n) is 1.69. The zero-order valence-corrected chi connectivity index (χ0v) is 10.9. The number of aromatic nitrogens is 4. The van der Waals surface area contributed by atoms with Gasteiger partial charge in [0.2, 0.25) is 0 Å². The molecule has 20 heavy (non-hydrogen) atoms. The fourth-order valence-corrected chi connectivity index (χ4v) is 1.69. The highest BCUT2D eigenvalue weighted by Crippen LogP contribution is 2.07. The molecular weight excluding hydrogens is 266 g/mol. The average Bonchev–Trinajstić information content (AvgIpc) is 2.87. The van der Waals surface area contributed by atoms with Gasteiger partial charge in [0.15, 0.2) is 6.04 Å². The van der Waals surface area contributed by atoms with Crippen LogP contribution in [0.3, 0.4) is 0 Å². The second kappa shape index (κ2) is 5.61. The Bertz CT molecular complexity index is 653. The summed E-state index contributed by atoms with van der Waals surface area (Å²) in [5.41, 5.74) is 0.747. The first-order valence-corrected chi connectivity index (χ1v) is 5.72. The van der Waals surface area contributed by atoms with Gasteiger partial charge >= 0.3 is 5.97 Å². The van der Waals surface area contributed by atoms with Gasteiger partial charge in [-0.25, -0.2) is 14.3 Å². The minimum atomic E-state index is -1.17. The van der Waals surface area contributed by atoms with Crippen LogP contribution in [0.2, 0.25) is 0 Å². The molecule has 2 heterocycles. The quantitative estimate of drug-likeness (QED) is 0.740. The van der Waals surface area contributed by atoms with E-state index < -0.39 is 17.9 Å². The topological polar surface area (TPSA) is 119 Å². The zero-order valence-electron chi connectivity index (χ0n) is 10.9. The molecule has 0 aliphatic heterocycles. The summed E-state index contributed by atoms with van der Waals surface area (Å²) >= 11 is 0. The number of methoxy groups -OCH3 is 1. The van der Waals surface area contributed by atoms with E-state index in [1.165, 1.54) is 24.1 Å². The number of aliphatic carboxylic acids is 1. The summed E-state index contributed by atoms with van der Waals surface area (Å²) < 4.78 is 6.16. The van der Waals surface area contributed by atoms with Crippen LogP contribution in [0.25, 0.3) is 5.78 Å². The molecule has 0 fully saturated rings. The van der Waals surface area contributed by atoms with Crippen LogP contribution in [0.1, 0.15) is 16.1 Å². The molecule has 0 aliphatic rings. The maximum atomic E-state index is 12.1. The van der Waals surface area contributed by atoms with Crippen LogP contribution in [0.15, 0.2) is 12.5 Å². The SMILES string of the molecule is COCC(NC(=O)c1cnc2ncnn2c1C)C(=O)O. The van der Waals surface area contributed by atoms with Crippen molar-refractivity contribution in [1.82, 2.24) is 24.9 Å². The third kappa shape index (κ3) is 2.57. The number of nitrogens with one attached hydrogen (secondary N) is 1. The van der Waals surface area contributed by atoms with Crippen molar-refractivity contribution >= 4 is 17.7 Å². The number of ether oxygens (including phenoxy) is 1. The van der Waals surface area contributed by atoms with Crippen LogP contribution in [-0.4, -0.2) is 56.3 Å². The molecule has 106 valence electrons. The normalized spacial score (nSPS) is 12.3. The van der Waals surface area contributed by atoms with Crippen molar-refractivity contribution < 1.29 is 19.4 Å². The third-order valence-corrected chi connectivity index (χ3v) is 2.73. The number of carbonyl (C=O) groups excluding carboxylic acids is 1. The van der Waals surface area contributed by atoms with E-state index in [4.69, 9.17) is 9.84 Å². The minimum absolute atomic E-state index is 0.126. The molecule has 0 spiro atoms. The molecule has 2 aromatic rings. The Morgan fingerprint density at radius 1 is 1.50 bits per heavy atom. The largest absolute Gasteiger partial charge is 0.480 e. The van der Waals surface area contributed by atoms with Gasteiger partial charge in [0.05, 0.1) is 17.9 Å². The summed E-state index contributed by atoms with van der Waals surface area (Å²) in [5.74, 6) is -1.37. The van der Waals surface area contributed by atoms with Crippen molar-refractivity contribution in [2.75, 3.05) is 13.7 Å². The number of nitrogens with zero attached hydrogens (tertiary/aromatic N) is 4. The Morgan fingerprint density at radius 3 is 2.90 bits per heavy atom. The maximum Gasteiger partial charge on any atom is 0.328 e. The van der Waals surface area contributed by atoms with Crippen molar-refractivity contribution in [2.24, 2.45) is 0 Å². The van der Waals surface area contributed by atoms with E-state index >= 15 is 0 Å². The number of rotatable bonds is 5. The van der Waals surface area contributed by atoms with Crippen LogP contribution in [-0.2, 0) is 9.53 Å². The van der Waals surface area contributed by atoms with E-state index in [1.807, 2.05) is 0 Å². The van der Waals surface area contributed by atoms with Gasteiger partial charge in [-0.3, -0.25) is 4.79 Å². The second-order valence-electron chi connectivity index (χ2n) is 4.05. The summed E-state index contributed by atoms with van der Waals surface area (Å²) in [6.45, 7) is 1.55. The molecular formula is C11H13N5O4. The predicted octanol–water partition coefficient (Wildman–Crippen LogP) is -0.738. The van der Waals surface area contributed by atoms with Crippen molar-refractivity contribution in [1.29, 1.82) is 0 Å². The summed E-state index contributed by atoms with van der Waals surface area (Å²) in [6.07, 6.45) is 2.66. The minimum Gasteiger partial charge on any atom is -0.480 e. The molecule has 0 bridgehead atoms. The van der Waals surface area contributed by atoms with Crippen molar-refractivity contribution in [3.05, 3.63) is 23.8 Å². The second-order valence-corrected chi connectivity index (χ2v) is 4.05. The molecule has 9 nitrogen and oxygen atoms in total. The summed E-state index contributed by atoms with van der Waals surface area (Å²) in [5, 5.41) is 15.3. The molecule has 2 rings (SSSR count). The highest BCUT2D eigenvalue weighted by Gasteiger charge is 2.22. The van der Waals surface area contributed by atoms with Gasteiger partial charge in [-0.2, -0.15) is 10.1 Å². The summed E-state index contributed by atoms with van der Waals surface area (Å²) in [7, 11) is 1.36. The lowest BCUT2D eigenvalue weighted by atomic mass is 10.2. The van der Waals surface area contributed by atoms with E-state index in [2.05, 4.69) is 20.4 Å². The van der Waals surface area contributed by atoms with Crippen LogP contribution in [0, 0.1) is 6.92 Å². The first-order chi connectivity index (χ1) is 9.54. The lowest BCUT2D eigenvalue weighted by Gasteiger charge is -2.14. The number of hydrogen-bond acceptors (Lipinski definition) is 6. The molecule has 0 aliphatic carbocycles. The van der Waals surface area contributed by atoms with E-state index in [1.54, 1.807) is 6.92 Å². The molecule has 0 radical (unpaired) electrons. The van der Waals surface area contributed by atoms with Gasteiger partial charge in [-0.05, 0) is 6.92 Å². The maximum absolute atomic E-state index is 12.1. The molecule has 1 amide bonds. The van der Waals surface area contributed by atoms with Crippen molar-refractivity contribution in [3.63, 3.8) is 0 Å².